The van der Waals surface area contributed by atoms with Crippen LogP contribution in [0, 0.1) is 6.92 Å². The molecule has 5 heteroatoms. The van der Waals surface area contributed by atoms with Gasteiger partial charge in [0.15, 0.2) is 11.2 Å². The van der Waals surface area contributed by atoms with Crippen molar-refractivity contribution in [2.24, 2.45) is 0 Å². The highest BCUT2D eigenvalue weighted by atomic mass is 16.5. The Labute approximate surface area is 110 Å². The molecule has 19 heavy (non-hydrogen) atoms. The van der Waals surface area contributed by atoms with Crippen molar-refractivity contribution < 1.29 is 13.9 Å². The van der Waals surface area contributed by atoms with E-state index < -0.39 is 5.91 Å². The topological polar surface area (TPSA) is 68.5 Å². The van der Waals surface area contributed by atoms with Crippen LogP contribution < -0.4 is 10.7 Å². The number of aryl methyl sites for hydroxylation is 1. The number of rotatable bonds is 4. The minimum Gasteiger partial charge on any atom is -0.451 e. The number of nitrogens with one attached hydrogen (secondary N) is 1. The summed E-state index contributed by atoms with van der Waals surface area (Å²) in [7, 11) is 1.55. The van der Waals surface area contributed by atoms with Crippen molar-refractivity contribution in [2.45, 2.75) is 6.92 Å². The molecule has 0 fully saturated rings. The summed E-state index contributed by atoms with van der Waals surface area (Å²) in [5, 5.41) is 3.09. The molecular formula is C14H15NO4. The van der Waals surface area contributed by atoms with Crippen molar-refractivity contribution in [3.8, 4) is 0 Å². The Kier molecular flexibility index (Phi) is 3.97. The third kappa shape index (κ3) is 3.00. The normalized spacial score (nSPS) is 10.6. The van der Waals surface area contributed by atoms with Gasteiger partial charge in [0, 0.05) is 19.7 Å². The molecule has 1 aromatic carbocycles. The average Bonchev–Trinajstić information content (AvgIpc) is 2.39. The molecule has 0 aliphatic rings. The van der Waals surface area contributed by atoms with Crippen molar-refractivity contribution in [3.63, 3.8) is 0 Å². The van der Waals surface area contributed by atoms with E-state index in [1.807, 2.05) is 13.0 Å². The van der Waals surface area contributed by atoms with E-state index in [-0.39, 0.29) is 11.2 Å². The Hall–Kier alpha value is -2.14. The number of amides is 1. The van der Waals surface area contributed by atoms with Gasteiger partial charge in [-0.15, -0.1) is 0 Å². The molecule has 0 spiro atoms. The van der Waals surface area contributed by atoms with Crippen LogP contribution in [-0.2, 0) is 4.74 Å². The molecule has 2 aromatic rings. The van der Waals surface area contributed by atoms with Gasteiger partial charge in [-0.3, -0.25) is 9.59 Å². The Balaban J connectivity index is 2.33. The fourth-order valence-corrected chi connectivity index (χ4v) is 1.74. The van der Waals surface area contributed by atoms with Crippen molar-refractivity contribution in [3.05, 3.63) is 45.8 Å². The van der Waals surface area contributed by atoms with Crippen LogP contribution >= 0.6 is 0 Å². The molecule has 0 aliphatic carbocycles. The van der Waals surface area contributed by atoms with Gasteiger partial charge in [-0.25, -0.2) is 0 Å². The second-order valence-electron chi connectivity index (χ2n) is 4.22. The molecule has 2 rings (SSSR count). The Morgan fingerprint density at radius 1 is 1.37 bits per heavy atom. The summed E-state index contributed by atoms with van der Waals surface area (Å²) >= 11 is 0. The lowest BCUT2D eigenvalue weighted by molar-refractivity contribution is 0.0910. The molecule has 0 unspecified atom stereocenters. The third-order valence-corrected chi connectivity index (χ3v) is 2.70. The number of hydrogen-bond donors (Lipinski definition) is 1. The van der Waals surface area contributed by atoms with Crippen LogP contribution in [0.15, 0.2) is 33.5 Å². The van der Waals surface area contributed by atoms with Gasteiger partial charge >= 0.3 is 0 Å². The number of fused-ring (bicyclic) bond motifs is 1. The highest BCUT2D eigenvalue weighted by Crippen LogP contribution is 2.13. The predicted molar refractivity (Wildman–Crippen MR) is 71.4 cm³/mol. The lowest BCUT2D eigenvalue weighted by Gasteiger charge is -2.05. The summed E-state index contributed by atoms with van der Waals surface area (Å²) in [4.78, 5) is 23.7. The molecule has 0 atom stereocenters. The van der Waals surface area contributed by atoms with Crippen LogP contribution in [0.25, 0.3) is 11.0 Å². The van der Waals surface area contributed by atoms with Crippen molar-refractivity contribution in [2.75, 3.05) is 20.3 Å². The van der Waals surface area contributed by atoms with Gasteiger partial charge < -0.3 is 14.5 Å². The molecule has 5 nitrogen and oxygen atoms in total. The number of benzene rings is 1. The van der Waals surface area contributed by atoms with E-state index in [0.717, 1.165) is 5.56 Å². The van der Waals surface area contributed by atoms with E-state index >= 15 is 0 Å². The van der Waals surface area contributed by atoms with E-state index in [4.69, 9.17) is 9.15 Å². The van der Waals surface area contributed by atoms with Crippen LogP contribution in [-0.4, -0.2) is 26.2 Å². The molecule has 1 heterocycles. The highest BCUT2D eigenvalue weighted by molar-refractivity contribution is 5.93. The first-order valence-electron chi connectivity index (χ1n) is 5.93. The molecule has 1 aromatic heterocycles. The SMILES string of the molecule is COCCNC(=O)c1cc(=O)c2cc(C)ccc2o1. The van der Waals surface area contributed by atoms with Gasteiger partial charge in [0.25, 0.3) is 5.91 Å². The summed E-state index contributed by atoms with van der Waals surface area (Å²) in [5.41, 5.74) is 1.16. The van der Waals surface area contributed by atoms with Crippen LogP contribution in [0.5, 0.6) is 0 Å². The third-order valence-electron chi connectivity index (χ3n) is 2.70. The Morgan fingerprint density at radius 3 is 2.89 bits per heavy atom. The summed E-state index contributed by atoms with van der Waals surface area (Å²) < 4.78 is 10.3. The van der Waals surface area contributed by atoms with E-state index in [9.17, 15) is 9.59 Å². The molecule has 0 aliphatic heterocycles. The quantitative estimate of drug-likeness (QED) is 0.846. The Morgan fingerprint density at radius 2 is 2.16 bits per heavy atom. The van der Waals surface area contributed by atoms with Gasteiger partial charge in [-0.1, -0.05) is 11.6 Å². The minimum atomic E-state index is -0.420. The first kappa shape index (κ1) is 13.3. The number of carbonyl (C=O) groups is 1. The summed E-state index contributed by atoms with van der Waals surface area (Å²) in [6.07, 6.45) is 0. The van der Waals surface area contributed by atoms with Crippen LogP contribution in [0.3, 0.4) is 0 Å². The van der Waals surface area contributed by atoms with Gasteiger partial charge in [-0.05, 0) is 19.1 Å². The molecule has 100 valence electrons. The number of hydrogen-bond acceptors (Lipinski definition) is 4. The fourth-order valence-electron chi connectivity index (χ4n) is 1.74. The predicted octanol–water partition coefficient (Wildman–Crippen LogP) is 1.48. The van der Waals surface area contributed by atoms with Crippen LogP contribution in [0.2, 0.25) is 0 Å². The van der Waals surface area contributed by atoms with Crippen molar-refractivity contribution in [1.82, 2.24) is 5.32 Å². The summed E-state index contributed by atoms with van der Waals surface area (Å²) in [6, 6.07) is 6.48. The van der Waals surface area contributed by atoms with Crippen LogP contribution in [0.1, 0.15) is 16.1 Å². The first-order chi connectivity index (χ1) is 9.11. The second-order valence-corrected chi connectivity index (χ2v) is 4.22. The molecule has 0 radical (unpaired) electrons. The minimum absolute atomic E-state index is 0.0115. The van der Waals surface area contributed by atoms with Crippen molar-refractivity contribution >= 4 is 16.9 Å². The zero-order valence-electron chi connectivity index (χ0n) is 10.9. The van der Waals surface area contributed by atoms with Crippen LogP contribution in [0.4, 0.5) is 0 Å². The molecular weight excluding hydrogens is 246 g/mol. The van der Waals surface area contributed by atoms with Gasteiger partial charge in [0.2, 0.25) is 0 Å². The molecule has 1 amide bonds. The first-order valence-corrected chi connectivity index (χ1v) is 5.93. The highest BCUT2D eigenvalue weighted by Gasteiger charge is 2.11. The lowest BCUT2D eigenvalue weighted by Crippen LogP contribution is -2.27. The number of carbonyl (C=O) groups excluding carboxylic acids is 1. The lowest BCUT2D eigenvalue weighted by atomic mass is 10.1. The van der Waals surface area contributed by atoms with Gasteiger partial charge in [0.1, 0.15) is 5.58 Å². The van der Waals surface area contributed by atoms with Gasteiger partial charge in [-0.2, -0.15) is 0 Å². The maximum Gasteiger partial charge on any atom is 0.287 e. The standard InChI is InChI=1S/C14H15NO4/c1-9-3-4-12-10(7-9)11(16)8-13(19-12)14(17)15-5-6-18-2/h3-4,7-8H,5-6H2,1-2H3,(H,15,17). The Bertz CT molecular complexity index is 660. The fraction of sp³-hybridized carbons (Fsp3) is 0.286. The van der Waals surface area contributed by atoms with E-state index in [2.05, 4.69) is 5.32 Å². The van der Waals surface area contributed by atoms with Gasteiger partial charge in [0.05, 0.1) is 12.0 Å². The monoisotopic (exact) mass is 261 g/mol. The zero-order valence-corrected chi connectivity index (χ0v) is 10.9. The number of ether oxygens (including phenoxy) is 1. The zero-order chi connectivity index (χ0) is 13.8. The largest absolute Gasteiger partial charge is 0.451 e. The number of methoxy groups -OCH3 is 1. The summed E-state index contributed by atoms with van der Waals surface area (Å²) in [6.45, 7) is 2.66. The maximum atomic E-state index is 11.9. The average molecular weight is 261 g/mol. The maximum absolute atomic E-state index is 11.9. The summed E-state index contributed by atoms with van der Waals surface area (Å²) in [5.74, 6) is -0.408. The molecule has 1 N–H and O–H groups in total. The van der Waals surface area contributed by atoms with E-state index in [1.165, 1.54) is 6.07 Å². The van der Waals surface area contributed by atoms with Crippen molar-refractivity contribution in [1.29, 1.82) is 0 Å². The molecule has 0 saturated heterocycles. The van der Waals surface area contributed by atoms with E-state index in [1.54, 1.807) is 19.2 Å². The molecule has 0 bridgehead atoms. The smallest absolute Gasteiger partial charge is 0.287 e. The van der Waals surface area contributed by atoms with E-state index in [0.29, 0.717) is 24.1 Å². The molecule has 0 saturated carbocycles. The second kappa shape index (κ2) is 5.67.